The summed E-state index contributed by atoms with van der Waals surface area (Å²) in [6, 6.07) is 0. The van der Waals surface area contributed by atoms with Crippen LogP contribution in [-0.2, 0) is 11.1 Å². The van der Waals surface area contributed by atoms with E-state index in [-0.39, 0.29) is 0 Å². The third-order valence-electron chi connectivity index (χ3n) is 0.319. The van der Waals surface area contributed by atoms with Gasteiger partial charge in [0.1, 0.15) is 4.20 Å². The maximum atomic E-state index is 4.71. The second kappa shape index (κ2) is 1.86. The van der Waals surface area contributed by atoms with Crippen molar-refractivity contribution < 1.29 is 0 Å². The normalized spacial score (nSPS) is 18.3. The van der Waals surface area contributed by atoms with Gasteiger partial charge in [-0.3, -0.25) is 0 Å². The second-order valence-electron chi connectivity index (χ2n) is 0.708. The van der Waals surface area contributed by atoms with Gasteiger partial charge in [-0.1, -0.05) is 12.2 Å². The van der Waals surface area contributed by atoms with Crippen LogP contribution < -0.4 is 0 Å². The van der Waals surface area contributed by atoms with Crippen LogP contribution in [0.25, 0.3) is 0 Å². The molecule has 1 rings (SSSR count). The van der Waals surface area contributed by atoms with Crippen LogP contribution in [0.5, 0.6) is 0 Å². The van der Waals surface area contributed by atoms with Crippen LogP contribution in [0.4, 0.5) is 0 Å². The highest BCUT2D eigenvalue weighted by atomic mass is 32.2. The van der Waals surface area contributed by atoms with Crippen molar-refractivity contribution in [3.8, 4) is 0 Å². The van der Waals surface area contributed by atoms with Gasteiger partial charge in [0.05, 0.1) is 0 Å². The first-order valence-corrected chi connectivity index (χ1v) is 3.32. The summed E-state index contributed by atoms with van der Waals surface area (Å²) in [6.45, 7) is 0. The lowest BCUT2D eigenvalue weighted by atomic mass is 11.0. The number of rotatable bonds is 0. The van der Waals surface area contributed by atoms with Gasteiger partial charge in [0.2, 0.25) is 0 Å². The van der Waals surface area contributed by atoms with E-state index >= 15 is 0 Å². The Labute approximate surface area is 49.0 Å². The van der Waals surface area contributed by atoms with Gasteiger partial charge >= 0.3 is 0 Å². The minimum absolute atomic E-state index is 0.875. The molecule has 1 nitrogen and oxygen atoms in total. The minimum Gasteiger partial charge on any atom is -0.154 e. The van der Waals surface area contributed by atoms with Gasteiger partial charge in [-0.2, -0.15) is 3.77 Å². The average molecular weight is 135 g/mol. The van der Waals surface area contributed by atoms with Gasteiger partial charge in [-0.25, -0.2) is 0 Å². The first-order chi connectivity index (χ1) is 2.89. The summed E-state index contributed by atoms with van der Waals surface area (Å²) in [5.74, 6) is 0. The van der Waals surface area contributed by atoms with E-state index < -0.39 is 0 Å². The Bertz CT molecular complexity index is 132. The molecule has 32 valence electrons. The van der Waals surface area contributed by atoms with Crippen molar-refractivity contribution in [2.24, 2.45) is 3.77 Å². The van der Waals surface area contributed by atoms with Crippen molar-refractivity contribution in [1.82, 2.24) is 0 Å². The van der Waals surface area contributed by atoms with Crippen LogP contribution in [0.1, 0.15) is 0 Å². The van der Waals surface area contributed by atoms with E-state index in [2.05, 4.69) is 3.77 Å². The predicted octanol–water partition coefficient (Wildman–Crippen LogP) is 1.04. The Kier molecular flexibility index (Phi) is 1.39. The fourth-order valence-electron chi connectivity index (χ4n) is 0.144. The molecule has 0 radical (unpaired) electrons. The lowest BCUT2D eigenvalue weighted by Crippen LogP contribution is -1.76. The van der Waals surface area contributed by atoms with Crippen molar-refractivity contribution in [3.63, 3.8) is 0 Å². The molecule has 4 heteroatoms. The molecule has 0 spiro atoms. The van der Waals surface area contributed by atoms with E-state index in [1.165, 1.54) is 23.1 Å². The molecule has 0 fully saturated rings. The zero-order valence-electron chi connectivity index (χ0n) is 2.75. The van der Waals surface area contributed by atoms with Crippen LogP contribution >= 0.6 is 24.2 Å². The Hall–Kier alpha value is 0.330. The molecule has 0 amide bonds. The highest BCUT2D eigenvalue weighted by Crippen LogP contribution is 2.05. The third-order valence-corrected chi connectivity index (χ3v) is 2.24. The van der Waals surface area contributed by atoms with Gasteiger partial charge in [0.15, 0.2) is 0 Å². The maximum Gasteiger partial charge on any atom is 0.106 e. The lowest BCUT2D eigenvalue weighted by molar-refractivity contribution is 2.14. The van der Waals surface area contributed by atoms with Crippen molar-refractivity contribution in [3.05, 3.63) is 0 Å². The smallest absolute Gasteiger partial charge is 0.106 e. The second-order valence-corrected chi connectivity index (χ2v) is 3.07. The lowest BCUT2D eigenvalue weighted by Gasteiger charge is -1.70. The quantitative estimate of drug-likeness (QED) is 0.363. The van der Waals surface area contributed by atoms with E-state index in [1.54, 1.807) is 0 Å². The Morgan fingerprint density at radius 2 is 2.67 bits per heavy atom. The van der Waals surface area contributed by atoms with Crippen molar-refractivity contribution in [2.75, 3.05) is 0 Å². The van der Waals surface area contributed by atoms with Crippen LogP contribution in [0.2, 0.25) is 0 Å². The van der Waals surface area contributed by atoms with Crippen molar-refractivity contribution in [2.45, 2.75) is 0 Å². The maximum absolute atomic E-state index is 4.71. The Balaban J connectivity index is 2.79. The zero-order valence-corrected chi connectivity index (χ0v) is 5.20. The molecular formula is C2HNS3. The van der Waals surface area contributed by atoms with Crippen LogP contribution in [0.15, 0.2) is 3.77 Å². The van der Waals surface area contributed by atoms with E-state index in [0.717, 1.165) is 4.20 Å². The first-order valence-electron chi connectivity index (χ1n) is 1.30. The number of thiocarbonyl (C=S) groups is 1. The van der Waals surface area contributed by atoms with Crippen molar-refractivity contribution >= 4 is 44.9 Å². The monoisotopic (exact) mass is 135 g/mol. The molecule has 0 unspecified atom stereocenters. The minimum atomic E-state index is 0.875. The van der Waals surface area contributed by atoms with E-state index in [0.29, 0.717) is 0 Å². The Morgan fingerprint density at radius 1 is 1.83 bits per heavy atom. The van der Waals surface area contributed by atoms with Crippen molar-refractivity contribution in [1.29, 1.82) is 0 Å². The zero-order chi connectivity index (χ0) is 4.41. The molecule has 1 aliphatic rings. The molecule has 0 saturated heterocycles. The summed E-state index contributed by atoms with van der Waals surface area (Å²) >= 11 is 7.48. The molecule has 0 N–H and O–H groups in total. The van der Waals surface area contributed by atoms with Gasteiger partial charge in [0.25, 0.3) is 0 Å². The van der Waals surface area contributed by atoms with Gasteiger partial charge < -0.3 is 0 Å². The molecule has 0 saturated carbocycles. The highest BCUT2D eigenvalue weighted by molar-refractivity contribution is 8.28. The molecule has 0 aromatic rings. The molecule has 0 aromatic heterocycles. The van der Waals surface area contributed by atoms with E-state index in [1.807, 2.05) is 5.37 Å². The van der Waals surface area contributed by atoms with Gasteiger partial charge in [0, 0.05) is 17.3 Å². The Morgan fingerprint density at radius 3 is 2.83 bits per heavy atom. The average Bonchev–Trinajstić information content (AvgIpc) is 1.86. The standard InChI is InChI=1S/C2HNS3/c4-2-1-5-3-6-2/h1H. The summed E-state index contributed by atoms with van der Waals surface area (Å²) in [7, 11) is 0. The van der Waals surface area contributed by atoms with Crippen LogP contribution in [-0.4, -0.2) is 9.56 Å². The number of hydrogen-bond donors (Lipinski definition) is 0. The van der Waals surface area contributed by atoms with Gasteiger partial charge in [-0.15, -0.1) is 0 Å². The molecule has 0 aromatic carbocycles. The highest BCUT2D eigenvalue weighted by Gasteiger charge is 1.91. The first kappa shape index (κ1) is 4.49. The molecule has 6 heavy (non-hydrogen) atoms. The molecule has 1 aliphatic heterocycles. The SMILES string of the molecule is S=C1C=S=NS1. The summed E-state index contributed by atoms with van der Waals surface area (Å²) in [6.07, 6.45) is 0. The molecular weight excluding hydrogens is 134 g/mol. The summed E-state index contributed by atoms with van der Waals surface area (Å²) in [5.41, 5.74) is 0. The molecule has 0 bridgehead atoms. The summed E-state index contributed by atoms with van der Waals surface area (Å²) in [5, 5.41) is 1.85. The largest absolute Gasteiger partial charge is 0.154 e. The topological polar surface area (TPSA) is 12.4 Å². The number of nitrogens with zero attached hydrogens (tertiary/aromatic N) is 1. The fraction of sp³-hybridized carbons (Fsp3) is 0. The van der Waals surface area contributed by atoms with E-state index in [9.17, 15) is 0 Å². The molecule has 0 aliphatic carbocycles. The van der Waals surface area contributed by atoms with E-state index in [4.69, 9.17) is 12.2 Å². The molecule has 1 heterocycles. The summed E-state index contributed by atoms with van der Waals surface area (Å²) < 4.78 is 4.68. The predicted molar refractivity (Wildman–Crippen MR) is 36.0 cm³/mol. The fourth-order valence-corrected chi connectivity index (χ4v) is 1.57. The number of hydrogen-bond acceptors (Lipinski definition) is 3. The van der Waals surface area contributed by atoms with Gasteiger partial charge in [-0.05, 0) is 11.1 Å². The van der Waals surface area contributed by atoms with Crippen LogP contribution in [0, 0.1) is 0 Å². The molecule has 0 atom stereocenters. The third kappa shape index (κ3) is 0.894. The summed E-state index contributed by atoms with van der Waals surface area (Å²) in [4.78, 5) is 0. The van der Waals surface area contributed by atoms with Crippen LogP contribution in [0.3, 0.4) is 0 Å².